The molecule has 21 heavy (non-hydrogen) atoms. The largest absolute Gasteiger partial charge is 0.494 e. The van der Waals surface area contributed by atoms with Crippen LogP contribution >= 0.6 is 11.8 Å². The summed E-state index contributed by atoms with van der Waals surface area (Å²) in [6.07, 6.45) is 2.01. The van der Waals surface area contributed by atoms with Gasteiger partial charge >= 0.3 is 0 Å². The van der Waals surface area contributed by atoms with Crippen LogP contribution in [0.5, 0.6) is 5.75 Å². The van der Waals surface area contributed by atoms with E-state index in [0.29, 0.717) is 22.4 Å². The maximum Gasteiger partial charge on any atom is 0.237 e. The molecule has 1 aliphatic heterocycles. The van der Waals surface area contributed by atoms with Crippen LogP contribution in [0.3, 0.4) is 0 Å². The Bertz CT molecular complexity index is 490. The molecule has 1 aliphatic rings. The fraction of sp³-hybridized carbons (Fsp3) is 0.533. The number of nitrogens with one attached hydrogen (secondary N) is 1. The van der Waals surface area contributed by atoms with Gasteiger partial charge in [0.25, 0.3) is 0 Å². The number of nitrogen functional groups attached to an aromatic ring is 1. The second-order valence-electron chi connectivity index (χ2n) is 5.04. The Morgan fingerprint density at radius 2 is 2.19 bits per heavy atom. The van der Waals surface area contributed by atoms with E-state index in [-0.39, 0.29) is 11.2 Å². The summed E-state index contributed by atoms with van der Waals surface area (Å²) in [6, 6.07) is 5.21. The van der Waals surface area contributed by atoms with Gasteiger partial charge in [0.1, 0.15) is 5.75 Å². The third-order valence-corrected chi connectivity index (χ3v) is 4.90. The van der Waals surface area contributed by atoms with Gasteiger partial charge in [-0.2, -0.15) is 0 Å². The number of benzene rings is 1. The number of carbonyl (C=O) groups is 1. The fourth-order valence-electron chi connectivity index (χ4n) is 2.21. The molecule has 0 radical (unpaired) electrons. The highest BCUT2D eigenvalue weighted by Crippen LogP contribution is 2.29. The van der Waals surface area contributed by atoms with Crippen molar-refractivity contribution in [3.63, 3.8) is 0 Å². The van der Waals surface area contributed by atoms with Crippen molar-refractivity contribution in [2.45, 2.75) is 30.3 Å². The Balaban J connectivity index is 1.93. The fourth-order valence-corrected chi connectivity index (χ4v) is 3.43. The van der Waals surface area contributed by atoms with Gasteiger partial charge in [-0.05, 0) is 31.9 Å². The SMILES string of the molecule is COc1cc(N)ccc1NC(=O)C(C)SC1CCOCC1. The highest BCUT2D eigenvalue weighted by Gasteiger charge is 2.22. The number of thioether (sulfide) groups is 1. The van der Waals surface area contributed by atoms with Crippen LogP contribution in [0.15, 0.2) is 18.2 Å². The first-order valence-corrected chi connectivity index (χ1v) is 8.02. The van der Waals surface area contributed by atoms with Gasteiger partial charge in [-0.15, -0.1) is 11.8 Å². The van der Waals surface area contributed by atoms with E-state index in [4.69, 9.17) is 15.2 Å². The average Bonchev–Trinajstić information content (AvgIpc) is 2.49. The molecule has 0 aliphatic carbocycles. The van der Waals surface area contributed by atoms with E-state index in [1.165, 1.54) is 0 Å². The Morgan fingerprint density at radius 3 is 2.86 bits per heavy atom. The highest BCUT2D eigenvalue weighted by molar-refractivity contribution is 8.01. The molecule has 116 valence electrons. The number of hydrogen-bond acceptors (Lipinski definition) is 5. The number of hydrogen-bond donors (Lipinski definition) is 2. The molecular formula is C15H22N2O3S. The third kappa shape index (κ3) is 4.54. The van der Waals surface area contributed by atoms with E-state index < -0.39 is 0 Å². The highest BCUT2D eigenvalue weighted by atomic mass is 32.2. The lowest BCUT2D eigenvalue weighted by atomic mass is 10.2. The molecule has 2 rings (SSSR count). The summed E-state index contributed by atoms with van der Waals surface area (Å²) >= 11 is 1.71. The van der Waals surface area contributed by atoms with Crippen LogP contribution in [0, 0.1) is 0 Å². The predicted molar refractivity (Wildman–Crippen MR) is 86.9 cm³/mol. The van der Waals surface area contributed by atoms with E-state index in [1.54, 1.807) is 37.1 Å². The van der Waals surface area contributed by atoms with Gasteiger partial charge < -0.3 is 20.5 Å². The quantitative estimate of drug-likeness (QED) is 0.818. The van der Waals surface area contributed by atoms with Crippen LogP contribution < -0.4 is 15.8 Å². The van der Waals surface area contributed by atoms with Crippen LogP contribution in [0.2, 0.25) is 0 Å². The van der Waals surface area contributed by atoms with E-state index in [0.717, 1.165) is 26.1 Å². The second kappa shape index (κ2) is 7.56. The molecule has 5 nitrogen and oxygen atoms in total. The second-order valence-corrected chi connectivity index (χ2v) is 6.68. The van der Waals surface area contributed by atoms with Gasteiger partial charge in [-0.3, -0.25) is 4.79 Å². The van der Waals surface area contributed by atoms with E-state index >= 15 is 0 Å². The van der Waals surface area contributed by atoms with Crippen molar-refractivity contribution in [1.82, 2.24) is 0 Å². The molecule has 1 heterocycles. The zero-order valence-electron chi connectivity index (χ0n) is 12.4. The molecule has 1 amide bonds. The third-order valence-electron chi connectivity index (χ3n) is 3.42. The maximum atomic E-state index is 12.3. The molecule has 0 bridgehead atoms. The summed E-state index contributed by atoms with van der Waals surface area (Å²) in [7, 11) is 1.56. The topological polar surface area (TPSA) is 73.6 Å². The zero-order valence-corrected chi connectivity index (χ0v) is 13.2. The molecule has 1 unspecified atom stereocenters. The molecule has 6 heteroatoms. The predicted octanol–water partition coefficient (Wildman–Crippen LogP) is 2.52. The first-order chi connectivity index (χ1) is 10.1. The molecule has 1 fully saturated rings. The summed E-state index contributed by atoms with van der Waals surface area (Å²) in [6.45, 7) is 3.51. The number of ether oxygens (including phenoxy) is 2. The molecule has 0 saturated carbocycles. The van der Waals surface area contributed by atoms with Crippen molar-refractivity contribution < 1.29 is 14.3 Å². The van der Waals surface area contributed by atoms with Crippen LogP contribution in [0.1, 0.15) is 19.8 Å². The monoisotopic (exact) mass is 310 g/mol. The van der Waals surface area contributed by atoms with E-state index in [2.05, 4.69) is 5.32 Å². The molecular weight excluding hydrogens is 288 g/mol. The standard InChI is InChI=1S/C15H22N2O3S/c1-10(21-12-5-7-20-8-6-12)15(18)17-13-4-3-11(16)9-14(13)19-2/h3-4,9-10,12H,5-8,16H2,1-2H3,(H,17,18). The minimum absolute atomic E-state index is 0.0189. The van der Waals surface area contributed by atoms with Crippen molar-refractivity contribution in [1.29, 1.82) is 0 Å². The summed E-state index contributed by atoms with van der Waals surface area (Å²) in [4.78, 5) is 12.3. The van der Waals surface area contributed by atoms with Crippen LogP contribution in [0.25, 0.3) is 0 Å². The average molecular weight is 310 g/mol. The Morgan fingerprint density at radius 1 is 1.48 bits per heavy atom. The number of nitrogens with two attached hydrogens (primary N) is 1. The first-order valence-electron chi connectivity index (χ1n) is 7.07. The number of anilines is 2. The molecule has 0 aromatic heterocycles. The minimum atomic E-state index is -0.115. The van der Waals surface area contributed by atoms with Crippen molar-refractivity contribution in [3.05, 3.63) is 18.2 Å². The molecule has 0 spiro atoms. The lowest BCUT2D eigenvalue weighted by Gasteiger charge is -2.24. The van der Waals surface area contributed by atoms with Crippen LogP contribution in [-0.2, 0) is 9.53 Å². The number of rotatable bonds is 5. The number of methoxy groups -OCH3 is 1. The Kier molecular flexibility index (Phi) is 5.76. The van der Waals surface area contributed by atoms with E-state index in [1.807, 2.05) is 6.92 Å². The minimum Gasteiger partial charge on any atom is -0.494 e. The van der Waals surface area contributed by atoms with Gasteiger partial charge in [0.15, 0.2) is 0 Å². The van der Waals surface area contributed by atoms with E-state index in [9.17, 15) is 4.79 Å². The van der Waals surface area contributed by atoms with Crippen molar-refractivity contribution in [2.75, 3.05) is 31.4 Å². The lowest BCUT2D eigenvalue weighted by molar-refractivity contribution is -0.115. The van der Waals surface area contributed by atoms with Gasteiger partial charge in [0.05, 0.1) is 18.0 Å². The molecule has 1 aromatic carbocycles. The van der Waals surface area contributed by atoms with Gasteiger partial charge in [-0.1, -0.05) is 0 Å². The summed E-state index contributed by atoms with van der Waals surface area (Å²) < 4.78 is 10.6. The van der Waals surface area contributed by atoms with Crippen molar-refractivity contribution >= 4 is 29.0 Å². The lowest BCUT2D eigenvalue weighted by Crippen LogP contribution is -2.27. The summed E-state index contributed by atoms with van der Waals surface area (Å²) in [5, 5.41) is 3.28. The Labute approximate surface area is 129 Å². The van der Waals surface area contributed by atoms with Crippen LogP contribution in [-0.4, -0.2) is 36.7 Å². The molecule has 1 atom stereocenters. The van der Waals surface area contributed by atoms with Crippen molar-refractivity contribution in [3.8, 4) is 5.75 Å². The number of carbonyl (C=O) groups excluding carboxylic acids is 1. The van der Waals surface area contributed by atoms with Gasteiger partial charge in [0, 0.05) is 30.2 Å². The maximum absolute atomic E-state index is 12.3. The molecule has 1 aromatic rings. The first kappa shape index (κ1) is 16.0. The molecule has 1 saturated heterocycles. The smallest absolute Gasteiger partial charge is 0.237 e. The normalized spacial score (nSPS) is 17.2. The molecule has 3 N–H and O–H groups in total. The van der Waals surface area contributed by atoms with Gasteiger partial charge in [-0.25, -0.2) is 0 Å². The van der Waals surface area contributed by atoms with Crippen molar-refractivity contribution in [2.24, 2.45) is 0 Å². The number of amides is 1. The summed E-state index contributed by atoms with van der Waals surface area (Å²) in [5.74, 6) is 0.557. The Hall–Kier alpha value is -1.40. The van der Waals surface area contributed by atoms with Crippen LogP contribution in [0.4, 0.5) is 11.4 Å². The zero-order chi connectivity index (χ0) is 15.2. The summed E-state index contributed by atoms with van der Waals surface area (Å²) in [5.41, 5.74) is 6.96. The van der Waals surface area contributed by atoms with Gasteiger partial charge in [0.2, 0.25) is 5.91 Å².